The van der Waals surface area contributed by atoms with E-state index in [0.717, 1.165) is 17.9 Å². The summed E-state index contributed by atoms with van der Waals surface area (Å²) < 4.78 is 2.43. The van der Waals surface area contributed by atoms with Gasteiger partial charge in [-0.3, -0.25) is 9.98 Å². The minimum Gasteiger partial charge on any atom is -0.338 e. The average molecular weight is 431 g/mol. The third-order valence-corrected chi connectivity index (χ3v) is 7.85. The van der Waals surface area contributed by atoms with E-state index in [9.17, 15) is 0 Å². The molecule has 5 rings (SSSR count). The van der Waals surface area contributed by atoms with Crippen molar-refractivity contribution in [1.82, 2.24) is 14.5 Å². The lowest BCUT2D eigenvalue weighted by Crippen LogP contribution is -2.35. The topological polar surface area (TPSA) is 33.4 Å². The van der Waals surface area contributed by atoms with E-state index in [4.69, 9.17) is 9.98 Å². The first-order valence-corrected chi connectivity index (χ1v) is 12.1. The Morgan fingerprint density at radius 3 is 2.65 bits per heavy atom. The Kier molecular flexibility index (Phi) is 5.17. The maximum Gasteiger partial charge on any atom is 0.160 e. The number of thioether (sulfide) groups is 1. The number of aromatic nitrogens is 2. The molecule has 1 aromatic carbocycles. The van der Waals surface area contributed by atoms with Crippen LogP contribution >= 0.6 is 11.8 Å². The highest BCUT2D eigenvalue weighted by atomic mass is 32.2. The van der Waals surface area contributed by atoms with E-state index < -0.39 is 0 Å². The smallest absolute Gasteiger partial charge is 0.160 e. The Labute approximate surface area is 189 Å². The number of fused-ring (bicyclic) bond motifs is 1. The minimum atomic E-state index is 0.0330. The summed E-state index contributed by atoms with van der Waals surface area (Å²) in [6.07, 6.45) is 3.02. The van der Waals surface area contributed by atoms with Gasteiger partial charge in [0.1, 0.15) is 6.04 Å². The number of aryl methyl sites for hydroxylation is 3. The summed E-state index contributed by atoms with van der Waals surface area (Å²) in [5, 5.41) is 1.18. The predicted molar refractivity (Wildman–Crippen MR) is 130 cm³/mol. The first kappa shape index (κ1) is 20.4. The van der Waals surface area contributed by atoms with Crippen LogP contribution < -0.4 is 0 Å². The summed E-state index contributed by atoms with van der Waals surface area (Å²) in [5.74, 6) is 1.12. The molecule has 2 aliphatic heterocycles. The lowest BCUT2D eigenvalue weighted by Gasteiger charge is -2.32. The van der Waals surface area contributed by atoms with Crippen molar-refractivity contribution in [2.75, 3.05) is 5.75 Å². The van der Waals surface area contributed by atoms with Crippen LogP contribution in [0.2, 0.25) is 0 Å². The van der Waals surface area contributed by atoms with Gasteiger partial charge in [-0.05, 0) is 75.1 Å². The van der Waals surface area contributed by atoms with Crippen molar-refractivity contribution in [2.45, 2.75) is 59.2 Å². The number of benzene rings is 1. The maximum atomic E-state index is 5.19. The second-order valence-corrected chi connectivity index (χ2v) is 9.78. The monoisotopic (exact) mass is 430 g/mol. The molecule has 160 valence electrons. The number of aliphatic imine (C=N–C) groups is 1. The maximum absolute atomic E-state index is 5.19. The van der Waals surface area contributed by atoms with E-state index >= 15 is 0 Å². The summed E-state index contributed by atoms with van der Waals surface area (Å²) in [5.41, 5.74) is 8.86. The lowest BCUT2D eigenvalue weighted by molar-refractivity contribution is 0.254. The average Bonchev–Trinajstić information content (AvgIpc) is 3.42. The van der Waals surface area contributed by atoms with E-state index in [1.165, 1.54) is 38.9 Å². The third-order valence-electron chi connectivity index (χ3n) is 6.72. The van der Waals surface area contributed by atoms with Crippen LogP contribution in [0.15, 0.2) is 53.7 Å². The van der Waals surface area contributed by atoms with Crippen LogP contribution in [0, 0.1) is 27.7 Å². The van der Waals surface area contributed by atoms with Crippen molar-refractivity contribution in [2.24, 2.45) is 4.99 Å². The molecule has 4 heterocycles. The normalized spacial score (nSPS) is 22.7. The van der Waals surface area contributed by atoms with Gasteiger partial charge in [-0.25, -0.2) is 0 Å². The highest BCUT2D eigenvalue weighted by Gasteiger charge is 2.46. The van der Waals surface area contributed by atoms with Crippen molar-refractivity contribution in [3.63, 3.8) is 0 Å². The van der Waals surface area contributed by atoms with Crippen LogP contribution in [0.4, 0.5) is 0 Å². The van der Waals surface area contributed by atoms with Crippen molar-refractivity contribution in [3.8, 4) is 5.69 Å². The lowest BCUT2D eigenvalue weighted by atomic mass is 9.95. The van der Waals surface area contributed by atoms with E-state index in [2.05, 4.69) is 80.5 Å². The van der Waals surface area contributed by atoms with Gasteiger partial charge < -0.3 is 9.47 Å². The van der Waals surface area contributed by atoms with Crippen LogP contribution in [0.1, 0.15) is 59.2 Å². The van der Waals surface area contributed by atoms with E-state index in [1.807, 2.05) is 24.0 Å². The van der Waals surface area contributed by atoms with E-state index in [-0.39, 0.29) is 12.1 Å². The first-order chi connectivity index (χ1) is 15.0. The zero-order valence-electron chi connectivity index (χ0n) is 19.0. The van der Waals surface area contributed by atoms with Gasteiger partial charge in [0.15, 0.2) is 5.17 Å². The van der Waals surface area contributed by atoms with Crippen molar-refractivity contribution in [3.05, 3.63) is 82.4 Å². The SMILES string of the molecule is CC[C@H]1CSC2=N[C@@H](c3ccccn3)[C@@H](c3cc(C)n(-c4cc(C)ccc4C)c3C)N21. The molecule has 0 bridgehead atoms. The quantitative estimate of drug-likeness (QED) is 0.502. The number of rotatable bonds is 4. The van der Waals surface area contributed by atoms with Crippen LogP contribution in [0.3, 0.4) is 0 Å². The van der Waals surface area contributed by atoms with Crippen molar-refractivity contribution >= 4 is 16.9 Å². The molecule has 4 nitrogen and oxygen atoms in total. The Balaban J connectivity index is 1.66. The molecule has 0 spiro atoms. The highest BCUT2D eigenvalue weighted by molar-refractivity contribution is 8.14. The first-order valence-electron chi connectivity index (χ1n) is 11.2. The third kappa shape index (κ3) is 3.30. The van der Waals surface area contributed by atoms with Gasteiger partial charge >= 0.3 is 0 Å². The van der Waals surface area contributed by atoms with Crippen molar-refractivity contribution < 1.29 is 0 Å². The Morgan fingerprint density at radius 2 is 1.90 bits per heavy atom. The van der Waals surface area contributed by atoms with Gasteiger partial charge in [0.2, 0.25) is 0 Å². The zero-order chi connectivity index (χ0) is 21.7. The van der Waals surface area contributed by atoms with Gasteiger partial charge in [0, 0.05) is 35.1 Å². The molecule has 31 heavy (non-hydrogen) atoms. The minimum absolute atomic E-state index is 0.0330. The number of amidine groups is 1. The standard InChI is InChI=1S/C26H30N4S/c1-6-20-15-31-26-28-24(22-9-7-8-12-27-22)25(30(20)26)21-14-18(4)29(19(21)5)23-13-16(2)10-11-17(23)3/h7-14,20,24-25H,6,15H2,1-5H3/t20-,24-,25+/m0/s1. The molecular weight excluding hydrogens is 400 g/mol. The summed E-state index contributed by atoms with van der Waals surface area (Å²) in [4.78, 5) is 12.5. The molecule has 5 heteroatoms. The summed E-state index contributed by atoms with van der Waals surface area (Å²) in [6.45, 7) is 11.1. The zero-order valence-corrected chi connectivity index (χ0v) is 19.8. The molecule has 0 unspecified atom stereocenters. The molecule has 3 atom stereocenters. The highest BCUT2D eigenvalue weighted by Crippen LogP contribution is 2.49. The molecule has 1 saturated heterocycles. The number of nitrogens with zero attached hydrogens (tertiary/aromatic N) is 4. The van der Waals surface area contributed by atoms with E-state index in [0.29, 0.717) is 6.04 Å². The second-order valence-electron chi connectivity index (χ2n) is 8.79. The molecule has 0 amide bonds. The molecule has 2 aromatic heterocycles. The molecule has 0 saturated carbocycles. The fourth-order valence-corrected chi connectivity index (χ4v) is 6.44. The van der Waals surface area contributed by atoms with E-state index in [1.54, 1.807) is 0 Å². The molecular formula is C26H30N4S. The van der Waals surface area contributed by atoms with Crippen molar-refractivity contribution in [1.29, 1.82) is 0 Å². The molecule has 0 N–H and O–H groups in total. The van der Waals surface area contributed by atoms with Crippen LogP contribution in [-0.2, 0) is 0 Å². The Bertz CT molecular complexity index is 1150. The van der Waals surface area contributed by atoms with Crippen LogP contribution in [-0.4, -0.2) is 31.4 Å². The summed E-state index contributed by atoms with van der Waals surface area (Å²) in [7, 11) is 0. The Hall–Kier alpha value is -2.53. The molecule has 1 fully saturated rings. The van der Waals surface area contributed by atoms with Gasteiger partial charge in [0.25, 0.3) is 0 Å². The van der Waals surface area contributed by atoms with Crippen LogP contribution in [0.5, 0.6) is 0 Å². The summed E-state index contributed by atoms with van der Waals surface area (Å²) in [6, 6.07) is 16.0. The molecule has 2 aliphatic rings. The number of hydrogen-bond acceptors (Lipinski definition) is 4. The predicted octanol–water partition coefficient (Wildman–Crippen LogP) is 6.09. The van der Waals surface area contributed by atoms with Gasteiger partial charge in [-0.15, -0.1) is 0 Å². The van der Waals surface area contributed by atoms with Gasteiger partial charge in [-0.2, -0.15) is 0 Å². The largest absolute Gasteiger partial charge is 0.338 e. The Morgan fingerprint density at radius 1 is 1.06 bits per heavy atom. The van der Waals surface area contributed by atoms with Gasteiger partial charge in [0.05, 0.1) is 11.7 Å². The fourth-order valence-electron chi connectivity index (χ4n) is 5.10. The number of hydrogen-bond donors (Lipinski definition) is 0. The number of pyridine rings is 1. The second kappa shape index (κ2) is 7.86. The molecule has 0 radical (unpaired) electrons. The molecule has 0 aliphatic carbocycles. The summed E-state index contributed by atoms with van der Waals surface area (Å²) >= 11 is 1.90. The fraction of sp³-hybridized carbons (Fsp3) is 0.385. The molecule has 3 aromatic rings. The van der Waals surface area contributed by atoms with Crippen LogP contribution in [0.25, 0.3) is 5.69 Å². The van der Waals surface area contributed by atoms with Gasteiger partial charge in [-0.1, -0.05) is 36.9 Å².